The number of aromatic hydroxyl groups is 1. The molecular weight excluding hydrogens is 264 g/mol. The van der Waals surface area contributed by atoms with Crippen LogP contribution in [0.4, 0.5) is 0 Å². The summed E-state index contributed by atoms with van der Waals surface area (Å²) in [7, 11) is 0. The number of carbonyl (C=O) groups is 1. The monoisotopic (exact) mass is 270 g/mol. The molecule has 72 valence electrons. The minimum Gasteiger partial charge on any atom is -0.508 e. The third-order valence-electron chi connectivity index (χ3n) is 1.94. The van der Waals surface area contributed by atoms with E-state index in [-0.39, 0.29) is 5.75 Å². The Hall–Kier alpha value is -0.870. The van der Waals surface area contributed by atoms with Crippen LogP contribution in [0.3, 0.4) is 0 Å². The van der Waals surface area contributed by atoms with E-state index in [9.17, 15) is 9.90 Å². The number of rotatable bonds is 2. The van der Waals surface area contributed by atoms with Crippen LogP contribution in [0.1, 0.15) is 15.2 Å². The molecule has 2 aromatic rings. The van der Waals surface area contributed by atoms with Gasteiger partial charge in [-0.15, -0.1) is 11.3 Å². The molecule has 0 aliphatic rings. The summed E-state index contributed by atoms with van der Waals surface area (Å²) in [4.78, 5) is 11.9. The zero-order chi connectivity index (χ0) is 10.1. The molecule has 0 aliphatic heterocycles. The highest BCUT2D eigenvalue weighted by molar-refractivity contribution is 9.08. The first-order valence-corrected chi connectivity index (χ1v) is 5.95. The van der Waals surface area contributed by atoms with E-state index in [1.807, 2.05) is 6.07 Å². The zero-order valence-electron chi connectivity index (χ0n) is 7.16. The summed E-state index contributed by atoms with van der Waals surface area (Å²) in [5, 5.41) is 11.1. The van der Waals surface area contributed by atoms with Crippen molar-refractivity contribution in [2.45, 2.75) is 5.33 Å². The van der Waals surface area contributed by atoms with Gasteiger partial charge in [0.1, 0.15) is 5.75 Å². The number of halogens is 1. The van der Waals surface area contributed by atoms with E-state index in [0.717, 1.165) is 26.6 Å². The molecule has 14 heavy (non-hydrogen) atoms. The van der Waals surface area contributed by atoms with Crippen LogP contribution < -0.4 is 0 Å². The van der Waals surface area contributed by atoms with Gasteiger partial charge in [0.2, 0.25) is 0 Å². The van der Waals surface area contributed by atoms with Gasteiger partial charge >= 0.3 is 0 Å². The van der Waals surface area contributed by atoms with Crippen molar-refractivity contribution in [2.75, 3.05) is 0 Å². The van der Waals surface area contributed by atoms with E-state index < -0.39 is 0 Å². The van der Waals surface area contributed by atoms with Gasteiger partial charge in [0, 0.05) is 20.5 Å². The molecule has 0 unspecified atom stereocenters. The maximum atomic E-state index is 10.8. The van der Waals surface area contributed by atoms with Gasteiger partial charge in [-0.05, 0) is 23.6 Å². The number of alkyl halides is 1. The number of hydrogen-bond acceptors (Lipinski definition) is 3. The normalized spacial score (nSPS) is 10.6. The lowest BCUT2D eigenvalue weighted by Crippen LogP contribution is -1.78. The summed E-state index contributed by atoms with van der Waals surface area (Å²) in [5.41, 5.74) is 0.553. The van der Waals surface area contributed by atoms with E-state index in [4.69, 9.17) is 0 Å². The van der Waals surface area contributed by atoms with E-state index in [0.29, 0.717) is 5.56 Å². The number of phenols is 1. The van der Waals surface area contributed by atoms with Gasteiger partial charge in [-0.25, -0.2) is 0 Å². The zero-order valence-corrected chi connectivity index (χ0v) is 9.56. The first-order valence-electron chi connectivity index (χ1n) is 4.01. The summed E-state index contributed by atoms with van der Waals surface area (Å²) in [6.07, 6.45) is 0.774. The van der Waals surface area contributed by atoms with Crippen LogP contribution in [0.15, 0.2) is 18.2 Å². The Morgan fingerprint density at radius 3 is 2.86 bits per heavy atom. The van der Waals surface area contributed by atoms with Gasteiger partial charge < -0.3 is 5.11 Å². The first kappa shape index (κ1) is 9.68. The second-order valence-corrected chi connectivity index (χ2v) is 4.62. The molecule has 0 atom stereocenters. The fraction of sp³-hybridized carbons (Fsp3) is 0.100. The third-order valence-corrected chi connectivity index (χ3v) is 4.11. The Morgan fingerprint density at radius 1 is 1.43 bits per heavy atom. The van der Waals surface area contributed by atoms with E-state index in [2.05, 4.69) is 15.9 Å². The third kappa shape index (κ3) is 1.55. The standard InChI is InChI=1S/C10H7BrO2S/c11-4-9-3-6-1-8(13)2-7(5-12)10(6)14-9/h1-3,5,13H,4H2. The number of phenolic OH excluding ortho intramolecular Hbond substituents is 1. The van der Waals surface area contributed by atoms with Crippen LogP contribution in [0.5, 0.6) is 5.75 Å². The van der Waals surface area contributed by atoms with Gasteiger partial charge in [0.15, 0.2) is 6.29 Å². The number of aldehydes is 1. The summed E-state index contributed by atoms with van der Waals surface area (Å²) < 4.78 is 0.937. The van der Waals surface area contributed by atoms with Crippen molar-refractivity contribution in [1.29, 1.82) is 0 Å². The van der Waals surface area contributed by atoms with E-state index >= 15 is 0 Å². The molecule has 1 aromatic carbocycles. The first-order chi connectivity index (χ1) is 6.74. The van der Waals surface area contributed by atoms with Crippen molar-refractivity contribution < 1.29 is 9.90 Å². The Balaban J connectivity index is 2.77. The molecule has 2 rings (SSSR count). The highest BCUT2D eigenvalue weighted by Gasteiger charge is 2.07. The topological polar surface area (TPSA) is 37.3 Å². The Kier molecular flexibility index (Phi) is 2.56. The Morgan fingerprint density at radius 2 is 2.21 bits per heavy atom. The number of carbonyl (C=O) groups excluding carboxylic acids is 1. The molecule has 2 nitrogen and oxygen atoms in total. The summed E-state index contributed by atoms with van der Waals surface area (Å²) in [5.74, 6) is 0.138. The fourth-order valence-electron chi connectivity index (χ4n) is 1.37. The molecule has 0 spiro atoms. The van der Waals surface area contributed by atoms with Crippen molar-refractivity contribution in [3.8, 4) is 5.75 Å². The maximum Gasteiger partial charge on any atom is 0.151 e. The molecule has 0 fully saturated rings. The van der Waals surface area contributed by atoms with E-state index in [1.165, 1.54) is 6.07 Å². The average Bonchev–Trinajstić information content (AvgIpc) is 2.59. The molecular formula is C10H7BrO2S. The molecule has 0 bridgehead atoms. The molecule has 0 aliphatic carbocycles. The molecule has 0 saturated carbocycles. The van der Waals surface area contributed by atoms with Crippen LogP contribution in [0.25, 0.3) is 10.1 Å². The Labute approximate surface area is 93.3 Å². The van der Waals surface area contributed by atoms with Crippen LogP contribution in [0, 0.1) is 0 Å². The second-order valence-electron chi connectivity index (χ2n) is 2.92. The lowest BCUT2D eigenvalue weighted by Gasteiger charge is -1.95. The highest BCUT2D eigenvalue weighted by Crippen LogP contribution is 2.32. The predicted octanol–water partition coefficient (Wildman–Crippen LogP) is 3.31. The van der Waals surface area contributed by atoms with Crippen LogP contribution in [-0.4, -0.2) is 11.4 Å². The highest BCUT2D eigenvalue weighted by atomic mass is 79.9. The molecule has 0 amide bonds. The van der Waals surface area contributed by atoms with Crippen LogP contribution >= 0.6 is 27.3 Å². The minimum absolute atomic E-state index is 0.138. The van der Waals surface area contributed by atoms with Crippen molar-refractivity contribution in [3.05, 3.63) is 28.6 Å². The summed E-state index contributed by atoms with van der Waals surface area (Å²) in [6.45, 7) is 0. The molecule has 0 saturated heterocycles. The number of fused-ring (bicyclic) bond motifs is 1. The summed E-state index contributed by atoms with van der Waals surface area (Å²) >= 11 is 4.93. The molecule has 4 heteroatoms. The summed E-state index contributed by atoms with van der Waals surface area (Å²) in [6, 6.07) is 5.14. The smallest absolute Gasteiger partial charge is 0.151 e. The van der Waals surface area contributed by atoms with Gasteiger partial charge in [0.25, 0.3) is 0 Å². The SMILES string of the molecule is O=Cc1cc(O)cc2cc(CBr)sc12. The molecule has 1 aromatic heterocycles. The van der Waals surface area contributed by atoms with Crippen LogP contribution in [0.2, 0.25) is 0 Å². The van der Waals surface area contributed by atoms with Crippen molar-refractivity contribution in [1.82, 2.24) is 0 Å². The lowest BCUT2D eigenvalue weighted by molar-refractivity contribution is 0.112. The number of thiophene rings is 1. The quantitative estimate of drug-likeness (QED) is 0.672. The Bertz CT molecular complexity index is 490. The van der Waals surface area contributed by atoms with Gasteiger partial charge in [-0.1, -0.05) is 15.9 Å². The van der Waals surface area contributed by atoms with Crippen LogP contribution in [-0.2, 0) is 5.33 Å². The number of benzene rings is 1. The van der Waals surface area contributed by atoms with Crippen molar-refractivity contribution >= 4 is 43.6 Å². The molecule has 0 radical (unpaired) electrons. The predicted molar refractivity (Wildman–Crippen MR) is 61.5 cm³/mol. The fourth-order valence-corrected chi connectivity index (χ4v) is 2.84. The van der Waals surface area contributed by atoms with Gasteiger partial charge in [-0.3, -0.25) is 4.79 Å². The molecule has 1 heterocycles. The largest absolute Gasteiger partial charge is 0.508 e. The van der Waals surface area contributed by atoms with Gasteiger partial charge in [0.05, 0.1) is 0 Å². The number of hydrogen-bond donors (Lipinski definition) is 1. The molecule has 1 N–H and O–H groups in total. The second kappa shape index (κ2) is 3.71. The minimum atomic E-state index is 0.138. The average molecular weight is 271 g/mol. The maximum absolute atomic E-state index is 10.8. The van der Waals surface area contributed by atoms with Crippen molar-refractivity contribution in [2.24, 2.45) is 0 Å². The lowest BCUT2D eigenvalue weighted by atomic mass is 10.1. The van der Waals surface area contributed by atoms with Crippen molar-refractivity contribution in [3.63, 3.8) is 0 Å². The van der Waals surface area contributed by atoms with Gasteiger partial charge in [-0.2, -0.15) is 0 Å². The van der Waals surface area contributed by atoms with E-state index in [1.54, 1.807) is 17.4 Å².